The van der Waals surface area contributed by atoms with E-state index in [9.17, 15) is 4.79 Å². The standard InChI is InChI=1S/C15H22N2O2/c1-11(12-6-5-7-13(10-12)19-2)17-14(18)15(16)8-3-4-9-15/h5-7,10-11H,3-4,8-9,16H2,1-2H3,(H,17,18)/t11-/m0/s1. The highest BCUT2D eigenvalue weighted by Gasteiger charge is 2.37. The highest BCUT2D eigenvalue weighted by atomic mass is 16.5. The minimum atomic E-state index is -0.673. The predicted molar refractivity (Wildman–Crippen MR) is 74.9 cm³/mol. The summed E-state index contributed by atoms with van der Waals surface area (Å²) in [5.74, 6) is 0.752. The topological polar surface area (TPSA) is 64.3 Å². The third kappa shape index (κ3) is 3.07. The summed E-state index contributed by atoms with van der Waals surface area (Å²) in [6.07, 6.45) is 3.64. The van der Waals surface area contributed by atoms with Crippen LogP contribution in [0.4, 0.5) is 0 Å². The monoisotopic (exact) mass is 262 g/mol. The van der Waals surface area contributed by atoms with Gasteiger partial charge in [-0.3, -0.25) is 4.79 Å². The molecule has 104 valence electrons. The summed E-state index contributed by atoms with van der Waals surface area (Å²) in [4.78, 5) is 12.2. The summed E-state index contributed by atoms with van der Waals surface area (Å²) < 4.78 is 5.19. The second kappa shape index (κ2) is 5.61. The van der Waals surface area contributed by atoms with Gasteiger partial charge in [-0.2, -0.15) is 0 Å². The summed E-state index contributed by atoms with van der Waals surface area (Å²) in [5.41, 5.74) is 6.50. The molecular weight excluding hydrogens is 240 g/mol. The Bertz CT molecular complexity index is 453. The lowest BCUT2D eigenvalue weighted by molar-refractivity contribution is -0.126. The molecule has 1 aliphatic carbocycles. The number of nitrogens with two attached hydrogens (primary N) is 1. The van der Waals surface area contributed by atoms with Crippen LogP contribution in [0.3, 0.4) is 0 Å². The fourth-order valence-corrected chi connectivity index (χ4v) is 2.57. The first-order valence-corrected chi connectivity index (χ1v) is 6.79. The molecule has 1 saturated carbocycles. The zero-order chi connectivity index (χ0) is 13.9. The van der Waals surface area contributed by atoms with Crippen LogP contribution in [0.25, 0.3) is 0 Å². The van der Waals surface area contributed by atoms with Crippen LogP contribution in [0.1, 0.15) is 44.2 Å². The first kappa shape index (κ1) is 13.9. The molecule has 4 heteroatoms. The average molecular weight is 262 g/mol. The predicted octanol–water partition coefficient (Wildman–Crippen LogP) is 2.14. The van der Waals surface area contributed by atoms with Crippen LogP contribution in [0.2, 0.25) is 0 Å². The van der Waals surface area contributed by atoms with Crippen molar-refractivity contribution < 1.29 is 9.53 Å². The maximum Gasteiger partial charge on any atom is 0.240 e. The molecule has 1 aliphatic rings. The molecule has 1 fully saturated rings. The van der Waals surface area contributed by atoms with E-state index >= 15 is 0 Å². The molecule has 1 amide bonds. The minimum Gasteiger partial charge on any atom is -0.497 e. The number of hydrogen-bond donors (Lipinski definition) is 2. The number of benzene rings is 1. The molecule has 1 aromatic rings. The van der Waals surface area contributed by atoms with E-state index in [1.165, 1.54) is 0 Å². The SMILES string of the molecule is COc1cccc([C@H](C)NC(=O)C2(N)CCCC2)c1. The van der Waals surface area contributed by atoms with Crippen molar-refractivity contribution in [2.45, 2.75) is 44.2 Å². The van der Waals surface area contributed by atoms with E-state index in [0.717, 1.165) is 37.0 Å². The lowest BCUT2D eigenvalue weighted by atomic mass is 9.97. The van der Waals surface area contributed by atoms with Gasteiger partial charge in [0, 0.05) is 0 Å². The number of ether oxygens (including phenoxy) is 1. The summed E-state index contributed by atoms with van der Waals surface area (Å²) in [5, 5.41) is 3.01. The highest BCUT2D eigenvalue weighted by molar-refractivity contribution is 5.86. The van der Waals surface area contributed by atoms with Crippen LogP contribution in [0.5, 0.6) is 5.75 Å². The highest BCUT2D eigenvalue weighted by Crippen LogP contribution is 2.28. The van der Waals surface area contributed by atoms with Crippen molar-refractivity contribution in [2.75, 3.05) is 7.11 Å². The third-order valence-electron chi connectivity index (χ3n) is 3.89. The molecule has 0 bridgehead atoms. The molecule has 0 spiro atoms. The molecule has 0 saturated heterocycles. The summed E-state index contributed by atoms with van der Waals surface area (Å²) in [6.45, 7) is 1.96. The Balaban J connectivity index is 2.03. The lowest BCUT2D eigenvalue weighted by Crippen LogP contribution is -2.52. The number of hydrogen-bond acceptors (Lipinski definition) is 3. The van der Waals surface area contributed by atoms with Crippen LogP contribution >= 0.6 is 0 Å². The van der Waals surface area contributed by atoms with Gasteiger partial charge >= 0.3 is 0 Å². The van der Waals surface area contributed by atoms with Crippen molar-refractivity contribution in [3.8, 4) is 5.75 Å². The Morgan fingerprint density at radius 1 is 1.42 bits per heavy atom. The smallest absolute Gasteiger partial charge is 0.240 e. The van der Waals surface area contributed by atoms with Crippen molar-refractivity contribution in [3.63, 3.8) is 0 Å². The maximum absolute atomic E-state index is 12.2. The Hall–Kier alpha value is -1.55. The number of rotatable bonds is 4. The largest absolute Gasteiger partial charge is 0.497 e. The van der Waals surface area contributed by atoms with Gasteiger partial charge in [-0.25, -0.2) is 0 Å². The van der Waals surface area contributed by atoms with Gasteiger partial charge in [0.2, 0.25) is 5.91 Å². The Labute approximate surface area is 114 Å². The summed E-state index contributed by atoms with van der Waals surface area (Å²) in [6, 6.07) is 7.65. The summed E-state index contributed by atoms with van der Waals surface area (Å²) in [7, 11) is 1.63. The van der Waals surface area contributed by atoms with Gasteiger partial charge in [-0.1, -0.05) is 25.0 Å². The summed E-state index contributed by atoms with van der Waals surface area (Å²) >= 11 is 0. The van der Waals surface area contributed by atoms with E-state index in [0.29, 0.717) is 0 Å². The zero-order valence-electron chi connectivity index (χ0n) is 11.6. The molecule has 19 heavy (non-hydrogen) atoms. The van der Waals surface area contributed by atoms with Gasteiger partial charge in [-0.15, -0.1) is 0 Å². The van der Waals surface area contributed by atoms with E-state index in [1.807, 2.05) is 31.2 Å². The van der Waals surface area contributed by atoms with Crippen LogP contribution in [0, 0.1) is 0 Å². The normalized spacial score (nSPS) is 18.9. The zero-order valence-corrected chi connectivity index (χ0v) is 11.6. The molecule has 0 aromatic heterocycles. The van der Waals surface area contributed by atoms with Crippen LogP contribution in [-0.2, 0) is 4.79 Å². The first-order chi connectivity index (χ1) is 9.05. The molecule has 1 atom stereocenters. The Morgan fingerprint density at radius 3 is 2.74 bits per heavy atom. The number of nitrogens with one attached hydrogen (secondary N) is 1. The van der Waals surface area contributed by atoms with Crippen molar-refractivity contribution >= 4 is 5.91 Å². The van der Waals surface area contributed by atoms with Crippen molar-refractivity contribution in [1.82, 2.24) is 5.32 Å². The first-order valence-electron chi connectivity index (χ1n) is 6.79. The van der Waals surface area contributed by atoms with Crippen LogP contribution in [-0.4, -0.2) is 18.6 Å². The van der Waals surface area contributed by atoms with Gasteiger partial charge in [0.25, 0.3) is 0 Å². The van der Waals surface area contributed by atoms with E-state index in [4.69, 9.17) is 10.5 Å². The van der Waals surface area contributed by atoms with E-state index < -0.39 is 5.54 Å². The molecule has 0 heterocycles. The van der Waals surface area contributed by atoms with Crippen molar-refractivity contribution in [1.29, 1.82) is 0 Å². The number of methoxy groups -OCH3 is 1. The van der Waals surface area contributed by atoms with E-state index in [-0.39, 0.29) is 11.9 Å². The fraction of sp³-hybridized carbons (Fsp3) is 0.533. The van der Waals surface area contributed by atoms with Gasteiger partial charge < -0.3 is 15.8 Å². The van der Waals surface area contributed by atoms with E-state index in [1.54, 1.807) is 7.11 Å². The molecule has 4 nitrogen and oxygen atoms in total. The molecule has 0 radical (unpaired) electrons. The minimum absolute atomic E-state index is 0.0414. The number of carbonyl (C=O) groups is 1. The Kier molecular flexibility index (Phi) is 4.10. The van der Waals surface area contributed by atoms with Crippen molar-refractivity contribution in [2.24, 2.45) is 5.73 Å². The van der Waals surface area contributed by atoms with Gasteiger partial charge in [0.1, 0.15) is 5.75 Å². The molecule has 2 rings (SSSR count). The average Bonchev–Trinajstić information content (AvgIpc) is 2.87. The van der Waals surface area contributed by atoms with Crippen LogP contribution < -0.4 is 15.8 Å². The maximum atomic E-state index is 12.2. The lowest BCUT2D eigenvalue weighted by Gasteiger charge is -2.25. The molecular formula is C15H22N2O2. The quantitative estimate of drug-likeness (QED) is 0.873. The third-order valence-corrected chi connectivity index (χ3v) is 3.89. The van der Waals surface area contributed by atoms with Gasteiger partial charge in [-0.05, 0) is 37.5 Å². The fourth-order valence-electron chi connectivity index (χ4n) is 2.57. The van der Waals surface area contributed by atoms with E-state index in [2.05, 4.69) is 5.32 Å². The molecule has 1 aromatic carbocycles. The molecule has 0 aliphatic heterocycles. The molecule has 3 N–H and O–H groups in total. The second-order valence-electron chi connectivity index (χ2n) is 5.34. The van der Waals surface area contributed by atoms with Gasteiger partial charge in [0.05, 0.1) is 18.7 Å². The second-order valence-corrected chi connectivity index (χ2v) is 5.34. The van der Waals surface area contributed by atoms with Crippen molar-refractivity contribution in [3.05, 3.63) is 29.8 Å². The Morgan fingerprint density at radius 2 is 2.11 bits per heavy atom. The number of carbonyl (C=O) groups excluding carboxylic acids is 1. The molecule has 0 unspecified atom stereocenters. The van der Waals surface area contributed by atoms with Gasteiger partial charge in [0.15, 0.2) is 0 Å². The van der Waals surface area contributed by atoms with Crippen LogP contribution in [0.15, 0.2) is 24.3 Å². The number of amides is 1.